The second kappa shape index (κ2) is 5.88. The number of anilines is 1. The molecule has 0 radical (unpaired) electrons. The van der Waals surface area contributed by atoms with Crippen molar-refractivity contribution in [1.29, 1.82) is 0 Å². The highest BCUT2D eigenvalue weighted by Gasteiger charge is 2.33. The van der Waals surface area contributed by atoms with E-state index in [0.29, 0.717) is 0 Å². The molecule has 1 fully saturated rings. The minimum atomic E-state index is -0.0161. The molecule has 0 aromatic heterocycles. The van der Waals surface area contributed by atoms with E-state index in [4.69, 9.17) is 0 Å². The number of carbonyl (C=O) groups is 1. The number of hydrogen-bond acceptors (Lipinski definition) is 2. The summed E-state index contributed by atoms with van der Waals surface area (Å²) in [6.45, 7) is 1.59. The molecule has 1 heterocycles. The second-order valence-electron chi connectivity index (χ2n) is 5.14. The van der Waals surface area contributed by atoms with Crippen LogP contribution in [0.4, 0.5) is 5.69 Å². The van der Waals surface area contributed by atoms with Crippen LogP contribution in [0.15, 0.2) is 60.7 Å². The van der Waals surface area contributed by atoms with Gasteiger partial charge in [-0.15, -0.1) is 0 Å². The molecule has 2 atom stereocenters. The van der Waals surface area contributed by atoms with Crippen LogP contribution in [0.2, 0.25) is 0 Å². The van der Waals surface area contributed by atoms with Crippen LogP contribution < -0.4 is 10.6 Å². The highest BCUT2D eigenvalue weighted by Crippen LogP contribution is 2.28. The van der Waals surface area contributed by atoms with Gasteiger partial charge in [0.1, 0.15) is 0 Å². The summed E-state index contributed by atoms with van der Waals surface area (Å²) in [5.74, 6) is 0.326. The maximum atomic E-state index is 12.4. The molecule has 1 aliphatic rings. The van der Waals surface area contributed by atoms with E-state index >= 15 is 0 Å². The Bertz CT molecular complexity index is 568. The topological polar surface area (TPSA) is 41.1 Å². The van der Waals surface area contributed by atoms with Crippen molar-refractivity contribution in [2.75, 3.05) is 18.4 Å². The Hall–Kier alpha value is -2.13. The number of nitrogens with one attached hydrogen (secondary N) is 2. The van der Waals surface area contributed by atoms with Crippen LogP contribution in [0, 0.1) is 5.92 Å². The molecular formula is C17H18N2O. The number of rotatable bonds is 3. The molecule has 1 amide bonds. The summed E-state index contributed by atoms with van der Waals surface area (Å²) >= 11 is 0. The van der Waals surface area contributed by atoms with Gasteiger partial charge in [-0.05, 0) is 17.7 Å². The lowest BCUT2D eigenvalue weighted by molar-refractivity contribution is -0.119. The Morgan fingerprint density at radius 3 is 2.30 bits per heavy atom. The zero-order valence-corrected chi connectivity index (χ0v) is 11.3. The molecule has 2 unspecified atom stereocenters. The fourth-order valence-corrected chi connectivity index (χ4v) is 2.76. The van der Waals surface area contributed by atoms with Gasteiger partial charge in [-0.25, -0.2) is 0 Å². The zero-order chi connectivity index (χ0) is 13.8. The fraction of sp³-hybridized carbons (Fsp3) is 0.235. The molecule has 102 valence electrons. The zero-order valence-electron chi connectivity index (χ0n) is 11.3. The average Bonchev–Trinajstić information content (AvgIpc) is 2.99. The first-order valence-corrected chi connectivity index (χ1v) is 6.96. The molecule has 0 aliphatic carbocycles. The highest BCUT2D eigenvalue weighted by atomic mass is 16.1. The molecule has 2 aromatic rings. The minimum Gasteiger partial charge on any atom is -0.326 e. The summed E-state index contributed by atoms with van der Waals surface area (Å²) in [5, 5.41) is 6.33. The summed E-state index contributed by atoms with van der Waals surface area (Å²) in [4.78, 5) is 12.4. The van der Waals surface area contributed by atoms with Gasteiger partial charge in [0, 0.05) is 24.7 Å². The van der Waals surface area contributed by atoms with Crippen LogP contribution in [0.25, 0.3) is 0 Å². The molecular weight excluding hydrogens is 248 g/mol. The molecule has 3 nitrogen and oxygen atoms in total. The van der Waals surface area contributed by atoms with Gasteiger partial charge in [0.25, 0.3) is 0 Å². The van der Waals surface area contributed by atoms with E-state index in [1.165, 1.54) is 5.56 Å². The molecule has 1 saturated heterocycles. The van der Waals surface area contributed by atoms with E-state index in [9.17, 15) is 4.79 Å². The van der Waals surface area contributed by atoms with Crippen LogP contribution in [-0.4, -0.2) is 19.0 Å². The van der Waals surface area contributed by atoms with E-state index in [1.807, 2.05) is 48.5 Å². The second-order valence-corrected chi connectivity index (χ2v) is 5.14. The summed E-state index contributed by atoms with van der Waals surface area (Å²) in [6, 6.07) is 19.9. The van der Waals surface area contributed by atoms with Crippen LogP contribution in [-0.2, 0) is 4.79 Å². The first kappa shape index (κ1) is 12.9. The van der Waals surface area contributed by atoms with E-state index in [2.05, 4.69) is 22.8 Å². The standard InChI is InChI=1S/C17H18N2O/c20-17(19-14-9-5-2-6-10-14)16-12-18-11-15(16)13-7-3-1-4-8-13/h1-10,15-16,18H,11-12H2,(H,19,20). The molecule has 3 heteroatoms. The van der Waals surface area contributed by atoms with Crippen molar-refractivity contribution in [3.63, 3.8) is 0 Å². The van der Waals surface area contributed by atoms with Crippen molar-refractivity contribution >= 4 is 11.6 Å². The molecule has 2 N–H and O–H groups in total. The number of amides is 1. The summed E-state index contributed by atoms with van der Waals surface area (Å²) in [5.41, 5.74) is 2.09. The highest BCUT2D eigenvalue weighted by molar-refractivity contribution is 5.93. The van der Waals surface area contributed by atoms with Crippen LogP contribution in [0.3, 0.4) is 0 Å². The fourth-order valence-electron chi connectivity index (χ4n) is 2.76. The first-order valence-electron chi connectivity index (χ1n) is 6.96. The number of carbonyl (C=O) groups excluding carboxylic acids is 1. The third-order valence-corrected chi connectivity index (χ3v) is 3.82. The van der Waals surface area contributed by atoms with Gasteiger partial charge in [-0.2, -0.15) is 0 Å². The molecule has 2 aromatic carbocycles. The molecule has 1 aliphatic heterocycles. The summed E-state index contributed by atoms with van der Waals surface area (Å²) in [7, 11) is 0. The number of hydrogen-bond donors (Lipinski definition) is 2. The van der Waals surface area contributed by atoms with Gasteiger partial charge in [0.05, 0.1) is 5.92 Å². The first-order chi connectivity index (χ1) is 9.84. The number of benzene rings is 2. The third-order valence-electron chi connectivity index (χ3n) is 3.82. The lowest BCUT2D eigenvalue weighted by atomic mass is 9.88. The SMILES string of the molecule is O=C(Nc1ccccc1)C1CNCC1c1ccccc1. The van der Waals surface area contributed by atoms with Gasteiger partial charge in [0.2, 0.25) is 5.91 Å². The van der Waals surface area contributed by atoms with Crippen LogP contribution in [0.1, 0.15) is 11.5 Å². The van der Waals surface area contributed by atoms with Gasteiger partial charge in [0.15, 0.2) is 0 Å². The Balaban J connectivity index is 1.74. The van der Waals surface area contributed by atoms with E-state index in [1.54, 1.807) is 0 Å². The third kappa shape index (κ3) is 2.73. The van der Waals surface area contributed by atoms with Crippen molar-refractivity contribution in [2.45, 2.75) is 5.92 Å². The smallest absolute Gasteiger partial charge is 0.229 e. The Labute approximate surface area is 119 Å². The normalized spacial score (nSPS) is 21.6. The largest absolute Gasteiger partial charge is 0.326 e. The van der Waals surface area contributed by atoms with Gasteiger partial charge < -0.3 is 10.6 Å². The van der Waals surface area contributed by atoms with Crippen molar-refractivity contribution in [1.82, 2.24) is 5.32 Å². The van der Waals surface area contributed by atoms with Crippen molar-refractivity contribution in [3.8, 4) is 0 Å². The summed E-state index contributed by atoms with van der Waals surface area (Å²) < 4.78 is 0. The van der Waals surface area contributed by atoms with E-state index in [-0.39, 0.29) is 17.7 Å². The lowest BCUT2D eigenvalue weighted by Crippen LogP contribution is -2.28. The predicted molar refractivity (Wildman–Crippen MR) is 80.6 cm³/mol. The maximum absolute atomic E-state index is 12.4. The monoisotopic (exact) mass is 266 g/mol. The quantitative estimate of drug-likeness (QED) is 0.896. The summed E-state index contributed by atoms with van der Waals surface area (Å²) in [6.07, 6.45) is 0. The maximum Gasteiger partial charge on any atom is 0.229 e. The van der Waals surface area contributed by atoms with Crippen molar-refractivity contribution in [2.24, 2.45) is 5.92 Å². The minimum absolute atomic E-state index is 0.0161. The molecule has 20 heavy (non-hydrogen) atoms. The average molecular weight is 266 g/mol. The predicted octanol–water partition coefficient (Wildman–Crippen LogP) is 2.63. The number of para-hydroxylation sites is 1. The van der Waals surface area contributed by atoms with Crippen LogP contribution >= 0.6 is 0 Å². The van der Waals surface area contributed by atoms with Crippen molar-refractivity contribution < 1.29 is 4.79 Å². The molecule has 3 rings (SSSR count). The van der Waals surface area contributed by atoms with E-state index < -0.39 is 0 Å². The van der Waals surface area contributed by atoms with Gasteiger partial charge in [-0.3, -0.25) is 4.79 Å². The van der Waals surface area contributed by atoms with E-state index in [0.717, 1.165) is 18.8 Å². The Morgan fingerprint density at radius 1 is 0.950 bits per heavy atom. The van der Waals surface area contributed by atoms with Crippen LogP contribution in [0.5, 0.6) is 0 Å². The molecule has 0 spiro atoms. The van der Waals surface area contributed by atoms with Gasteiger partial charge in [-0.1, -0.05) is 48.5 Å². The Morgan fingerprint density at radius 2 is 1.60 bits per heavy atom. The molecule has 0 bridgehead atoms. The van der Waals surface area contributed by atoms with Gasteiger partial charge >= 0.3 is 0 Å². The lowest BCUT2D eigenvalue weighted by Gasteiger charge is -2.18. The Kier molecular flexibility index (Phi) is 3.79. The molecule has 0 saturated carbocycles. The van der Waals surface area contributed by atoms with Crippen molar-refractivity contribution in [3.05, 3.63) is 66.2 Å².